The van der Waals surface area contributed by atoms with Crippen LogP contribution in [0.15, 0.2) is 5.16 Å². The number of fused-ring (bicyclic) bond motifs is 1. The standard InChI is InChI=1S/C14H22N4S/c1-19-14-17-12-9-15-8-11(12)13(18-14)16-7-10-5-3-2-4-6-10/h10,15H,2-9H2,1H3,(H,16,17,18). The Hall–Kier alpha value is -0.810. The summed E-state index contributed by atoms with van der Waals surface area (Å²) in [5, 5.41) is 7.83. The Morgan fingerprint density at radius 1 is 1.21 bits per heavy atom. The zero-order chi connectivity index (χ0) is 13.1. The van der Waals surface area contributed by atoms with E-state index >= 15 is 0 Å². The lowest BCUT2D eigenvalue weighted by Gasteiger charge is -2.22. The van der Waals surface area contributed by atoms with Gasteiger partial charge in [-0.25, -0.2) is 9.97 Å². The second-order valence-electron chi connectivity index (χ2n) is 5.47. The number of aromatic nitrogens is 2. The molecule has 0 amide bonds. The molecular weight excluding hydrogens is 256 g/mol. The van der Waals surface area contributed by atoms with Crippen LogP contribution in [0.2, 0.25) is 0 Å². The summed E-state index contributed by atoms with van der Waals surface area (Å²) in [7, 11) is 0. The first-order valence-corrected chi connectivity index (χ1v) is 8.47. The monoisotopic (exact) mass is 278 g/mol. The van der Waals surface area contributed by atoms with Crippen LogP contribution in [0.25, 0.3) is 0 Å². The number of nitrogens with one attached hydrogen (secondary N) is 2. The maximum Gasteiger partial charge on any atom is 0.189 e. The SMILES string of the molecule is CSc1nc2c(c(NCC3CCCCC3)n1)CNC2. The summed E-state index contributed by atoms with van der Waals surface area (Å²) in [4.78, 5) is 9.22. The lowest BCUT2D eigenvalue weighted by molar-refractivity contribution is 0.373. The van der Waals surface area contributed by atoms with Crippen LogP contribution in [-0.2, 0) is 13.1 Å². The van der Waals surface area contributed by atoms with E-state index in [2.05, 4.69) is 20.6 Å². The first kappa shape index (κ1) is 13.2. The van der Waals surface area contributed by atoms with Gasteiger partial charge in [0.1, 0.15) is 5.82 Å². The summed E-state index contributed by atoms with van der Waals surface area (Å²) in [5.74, 6) is 1.89. The highest BCUT2D eigenvalue weighted by molar-refractivity contribution is 7.98. The van der Waals surface area contributed by atoms with Crippen LogP contribution in [0.3, 0.4) is 0 Å². The summed E-state index contributed by atoms with van der Waals surface area (Å²) in [6.45, 7) is 2.85. The van der Waals surface area contributed by atoms with Gasteiger partial charge >= 0.3 is 0 Å². The Morgan fingerprint density at radius 2 is 2.05 bits per heavy atom. The van der Waals surface area contributed by atoms with Gasteiger partial charge in [-0.1, -0.05) is 31.0 Å². The highest BCUT2D eigenvalue weighted by Gasteiger charge is 2.20. The highest BCUT2D eigenvalue weighted by Crippen LogP contribution is 2.27. The average Bonchev–Trinajstić information content (AvgIpc) is 2.94. The molecule has 2 N–H and O–H groups in total. The predicted octanol–water partition coefficient (Wildman–Crippen LogP) is 2.79. The van der Waals surface area contributed by atoms with Crippen LogP contribution in [0.1, 0.15) is 43.4 Å². The topological polar surface area (TPSA) is 49.8 Å². The van der Waals surface area contributed by atoms with Crippen molar-refractivity contribution in [3.05, 3.63) is 11.3 Å². The van der Waals surface area contributed by atoms with Crippen LogP contribution in [0, 0.1) is 5.92 Å². The van der Waals surface area contributed by atoms with Crippen molar-refractivity contribution in [2.24, 2.45) is 5.92 Å². The van der Waals surface area contributed by atoms with Crippen molar-refractivity contribution in [3.63, 3.8) is 0 Å². The van der Waals surface area contributed by atoms with Crippen molar-refractivity contribution in [1.82, 2.24) is 15.3 Å². The molecule has 104 valence electrons. The van der Waals surface area contributed by atoms with E-state index < -0.39 is 0 Å². The molecule has 2 heterocycles. The average molecular weight is 278 g/mol. The third-order valence-electron chi connectivity index (χ3n) is 4.13. The molecule has 2 aliphatic rings. The fourth-order valence-corrected chi connectivity index (χ4v) is 3.40. The Balaban J connectivity index is 1.70. The van der Waals surface area contributed by atoms with Crippen molar-refractivity contribution in [3.8, 4) is 0 Å². The summed E-state index contributed by atoms with van der Waals surface area (Å²) >= 11 is 1.62. The van der Waals surface area contributed by atoms with Gasteiger partial charge in [0, 0.05) is 25.2 Å². The van der Waals surface area contributed by atoms with Crippen LogP contribution < -0.4 is 10.6 Å². The molecule has 1 aromatic rings. The molecule has 19 heavy (non-hydrogen) atoms. The van der Waals surface area contributed by atoms with Crippen molar-refractivity contribution in [2.45, 2.75) is 50.4 Å². The van der Waals surface area contributed by atoms with E-state index in [-0.39, 0.29) is 0 Å². The normalized spacial score (nSPS) is 19.4. The number of hydrogen-bond donors (Lipinski definition) is 2. The maximum atomic E-state index is 4.65. The van der Waals surface area contributed by atoms with E-state index in [0.29, 0.717) is 0 Å². The quantitative estimate of drug-likeness (QED) is 0.655. The zero-order valence-electron chi connectivity index (χ0n) is 11.5. The molecule has 1 aliphatic carbocycles. The summed E-state index contributed by atoms with van der Waals surface area (Å²) in [6.07, 6.45) is 8.98. The van der Waals surface area contributed by atoms with Crippen molar-refractivity contribution >= 4 is 17.6 Å². The minimum absolute atomic E-state index is 0.825. The van der Waals surface area contributed by atoms with Gasteiger partial charge in [-0.2, -0.15) is 0 Å². The van der Waals surface area contributed by atoms with E-state index in [4.69, 9.17) is 0 Å². The molecule has 0 aromatic carbocycles. The number of hydrogen-bond acceptors (Lipinski definition) is 5. The Bertz CT molecular complexity index is 443. The summed E-state index contributed by atoms with van der Waals surface area (Å²) in [6, 6.07) is 0. The minimum atomic E-state index is 0.825. The molecule has 5 heteroatoms. The lowest BCUT2D eigenvalue weighted by Crippen LogP contribution is -2.19. The van der Waals surface area contributed by atoms with Crippen molar-refractivity contribution < 1.29 is 0 Å². The second kappa shape index (κ2) is 6.09. The highest BCUT2D eigenvalue weighted by atomic mass is 32.2. The van der Waals surface area contributed by atoms with Gasteiger partial charge in [-0.05, 0) is 25.0 Å². The molecule has 0 atom stereocenters. The first-order valence-electron chi connectivity index (χ1n) is 7.25. The molecule has 1 aliphatic heterocycles. The Morgan fingerprint density at radius 3 is 2.84 bits per heavy atom. The fourth-order valence-electron chi connectivity index (χ4n) is 3.02. The molecule has 0 unspecified atom stereocenters. The molecule has 4 nitrogen and oxygen atoms in total. The Labute approximate surface area is 119 Å². The van der Waals surface area contributed by atoms with Crippen LogP contribution in [-0.4, -0.2) is 22.8 Å². The zero-order valence-corrected chi connectivity index (χ0v) is 12.4. The van der Waals surface area contributed by atoms with Gasteiger partial charge in [-0.3, -0.25) is 0 Å². The van der Waals surface area contributed by atoms with Crippen LogP contribution >= 0.6 is 11.8 Å². The molecule has 1 fully saturated rings. The summed E-state index contributed by atoms with van der Waals surface area (Å²) < 4.78 is 0. The number of nitrogens with zero attached hydrogens (tertiary/aromatic N) is 2. The van der Waals surface area contributed by atoms with Crippen LogP contribution in [0.5, 0.6) is 0 Å². The third-order valence-corrected chi connectivity index (χ3v) is 4.68. The minimum Gasteiger partial charge on any atom is -0.369 e. The molecule has 1 saturated carbocycles. The molecule has 1 aromatic heterocycles. The van der Waals surface area contributed by atoms with Gasteiger partial charge in [0.25, 0.3) is 0 Å². The van der Waals surface area contributed by atoms with Gasteiger partial charge in [0.2, 0.25) is 0 Å². The number of thioether (sulfide) groups is 1. The largest absolute Gasteiger partial charge is 0.369 e. The lowest BCUT2D eigenvalue weighted by atomic mass is 9.89. The van der Waals surface area contributed by atoms with Crippen molar-refractivity contribution in [2.75, 3.05) is 18.1 Å². The van der Waals surface area contributed by atoms with Gasteiger partial charge in [-0.15, -0.1) is 0 Å². The maximum absolute atomic E-state index is 4.65. The molecule has 0 bridgehead atoms. The third kappa shape index (κ3) is 3.03. The van der Waals surface area contributed by atoms with E-state index in [9.17, 15) is 0 Å². The smallest absolute Gasteiger partial charge is 0.189 e. The van der Waals surface area contributed by atoms with Gasteiger partial charge in [0.15, 0.2) is 5.16 Å². The van der Waals surface area contributed by atoms with E-state index in [1.165, 1.54) is 43.4 Å². The first-order chi connectivity index (χ1) is 9.36. The van der Waals surface area contributed by atoms with Crippen molar-refractivity contribution in [1.29, 1.82) is 0 Å². The second-order valence-corrected chi connectivity index (χ2v) is 6.25. The van der Waals surface area contributed by atoms with E-state index in [1.54, 1.807) is 11.8 Å². The molecule has 0 saturated heterocycles. The number of anilines is 1. The Kier molecular flexibility index (Phi) is 4.23. The summed E-state index contributed by atoms with van der Waals surface area (Å²) in [5.41, 5.74) is 2.44. The number of rotatable bonds is 4. The molecule has 0 radical (unpaired) electrons. The molecule has 3 rings (SSSR count). The van der Waals surface area contributed by atoms with Gasteiger partial charge in [0.05, 0.1) is 5.69 Å². The predicted molar refractivity (Wildman–Crippen MR) is 79.4 cm³/mol. The van der Waals surface area contributed by atoms with E-state index in [0.717, 1.165) is 36.5 Å². The van der Waals surface area contributed by atoms with Gasteiger partial charge < -0.3 is 10.6 Å². The molecule has 0 spiro atoms. The van der Waals surface area contributed by atoms with Crippen LogP contribution in [0.4, 0.5) is 5.82 Å². The fraction of sp³-hybridized carbons (Fsp3) is 0.714. The molecular formula is C14H22N4S. The van der Waals surface area contributed by atoms with E-state index in [1.807, 2.05) is 6.26 Å².